The van der Waals surface area contributed by atoms with Crippen LogP contribution in [-0.2, 0) is 16.0 Å². The SMILES string of the molecule is O=C1NC[C@@]2(CCCN(C(=O)CCc3nc4ccccc4[nH]c3=O)C2)O1. The molecule has 1 aromatic carbocycles. The largest absolute Gasteiger partial charge is 0.439 e. The Balaban J connectivity index is 1.43. The molecule has 26 heavy (non-hydrogen) atoms. The molecule has 1 aromatic heterocycles. The van der Waals surface area contributed by atoms with Gasteiger partial charge in [0.15, 0.2) is 0 Å². The minimum Gasteiger partial charge on any atom is -0.439 e. The van der Waals surface area contributed by atoms with Crippen molar-refractivity contribution in [2.45, 2.75) is 31.3 Å². The molecule has 2 aromatic rings. The van der Waals surface area contributed by atoms with E-state index in [-0.39, 0.29) is 24.3 Å². The van der Waals surface area contributed by atoms with Crippen LogP contribution in [0.15, 0.2) is 29.1 Å². The highest BCUT2D eigenvalue weighted by Gasteiger charge is 2.44. The minimum atomic E-state index is -0.607. The molecule has 2 N–H and O–H groups in total. The molecule has 8 heteroatoms. The summed E-state index contributed by atoms with van der Waals surface area (Å²) >= 11 is 0. The van der Waals surface area contributed by atoms with Gasteiger partial charge in [-0.2, -0.15) is 0 Å². The van der Waals surface area contributed by atoms with Gasteiger partial charge in [0.1, 0.15) is 11.3 Å². The van der Waals surface area contributed by atoms with Crippen LogP contribution in [0, 0.1) is 0 Å². The van der Waals surface area contributed by atoms with Gasteiger partial charge in [0.25, 0.3) is 5.56 Å². The molecule has 2 fully saturated rings. The Kier molecular flexibility index (Phi) is 4.10. The number of hydrogen-bond acceptors (Lipinski definition) is 5. The van der Waals surface area contributed by atoms with E-state index in [2.05, 4.69) is 15.3 Å². The second-order valence-electron chi connectivity index (χ2n) is 6.87. The highest BCUT2D eigenvalue weighted by atomic mass is 16.6. The zero-order valence-electron chi connectivity index (χ0n) is 14.3. The third kappa shape index (κ3) is 3.14. The van der Waals surface area contributed by atoms with Gasteiger partial charge < -0.3 is 19.9 Å². The Bertz CT molecular complexity index is 925. The lowest BCUT2D eigenvalue weighted by atomic mass is 9.93. The molecule has 0 aliphatic carbocycles. The van der Waals surface area contributed by atoms with E-state index >= 15 is 0 Å². The van der Waals surface area contributed by atoms with Crippen molar-refractivity contribution in [1.82, 2.24) is 20.2 Å². The molecule has 0 unspecified atom stereocenters. The second kappa shape index (κ2) is 6.44. The molecule has 8 nitrogen and oxygen atoms in total. The fourth-order valence-electron chi connectivity index (χ4n) is 3.66. The maximum absolute atomic E-state index is 12.6. The number of benzene rings is 1. The molecule has 2 aliphatic rings. The summed E-state index contributed by atoms with van der Waals surface area (Å²) in [7, 11) is 0. The van der Waals surface area contributed by atoms with Crippen LogP contribution in [0.25, 0.3) is 11.0 Å². The van der Waals surface area contributed by atoms with Crippen LogP contribution >= 0.6 is 0 Å². The van der Waals surface area contributed by atoms with Gasteiger partial charge in [-0.05, 0) is 25.0 Å². The summed E-state index contributed by atoms with van der Waals surface area (Å²) in [6.07, 6.45) is 1.59. The van der Waals surface area contributed by atoms with Crippen LogP contribution < -0.4 is 10.9 Å². The molecular weight excluding hydrogens is 336 g/mol. The number of likely N-dealkylation sites (tertiary alicyclic amines) is 1. The molecule has 136 valence electrons. The molecule has 0 bridgehead atoms. The van der Waals surface area contributed by atoms with Crippen molar-refractivity contribution in [2.24, 2.45) is 0 Å². The predicted octanol–water partition coefficient (Wildman–Crippen LogP) is 0.957. The number of carbonyl (C=O) groups excluding carboxylic acids is 2. The molecule has 3 heterocycles. The van der Waals surface area contributed by atoms with Crippen LogP contribution in [0.5, 0.6) is 0 Å². The second-order valence-corrected chi connectivity index (χ2v) is 6.87. The van der Waals surface area contributed by atoms with E-state index in [9.17, 15) is 14.4 Å². The van der Waals surface area contributed by atoms with Gasteiger partial charge in [0.2, 0.25) is 5.91 Å². The summed E-state index contributed by atoms with van der Waals surface area (Å²) in [6.45, 7) is 1.47. The van der Waals surface area contributed by atoms with Crippen molar-refractivity contribution in [3.8, 4) is 0 Å². The minimum absolute atomic E-state index is 0.0543. The monoisotopic (exact) mass is 356 g/mol. The average Bonchev–Trinajstić information content (AvgIpc) is 2.99. The lowest BCUT2D eigenvalue weighted by Gasteiger charge is -2.38. The maximum atomic E-state index is 12.6. The van der Waals surface area contributed by atoms with Crippen LogP contribution in [-0.4, -0.2) is 52.1 Å². The molecular formula is C18H20N4O4. The first kappa shape index (κ1) is 16.6. The van der Waals surface area contributed by atoms with E-state index in [0.717, 1.165) is 12.8 Å². The predicted molar refractivity (Wildman–Crippen MR) is 93.7 cm³/mol. The van der Waals surface area contributed by atoms with E-state index in [1.54, 1.807) is 11.0 Å². The number of ether oxygens (including phenoxy) is 1. The maximum Gasteiger partial charge on any atom is 0.407 e. The summed E-state index contributed by atoms with van der Waals surface area (Å²) in [4.78, 5) is 45.0. The fourth-order valence-corrected chi connectivity index (χ4v) is 3.66. The smallest absolute Gasteiger partial charge is 0.407 e. The number of fused-ring (bicyclic) bond motifs is 1. The molecule has 2 amide bonds. The highest BCUT2D eigenvalue weighted by Crippen LogP contribution is 2.28. The number of alkyl carbamates (subject to hydrolysis) is 1. The van der Waals surface area contributed by atoms with Crippen molar-refractivity contribution in [2.75, 3.05) is 19.6 Å². The van der Waals surface area contributed by atoms with Crippen molar-refractivity contribution >= 4 is 23.0 Å². The van der Waals surface area contributed by atoms with Crippen LogP contribution in [0.3, 0.4) is 0 Å². The first-order valence-corrected chi connectivity index (χ1v) is 8.77. The van der Waals surface area contributed by atoms with Gasteiger partial charge in [-0.25, -0.2) is 9.78 Å². The quantitative estimate of drug-likeness (QED) is 0.852. The lowest BCUT2D eigenvalue weighted by Crippen LogP contribution is -2.52. The van der Waals surface area contributed by atoms with Gasteiger partial charge >= 0.3 is 6.09 Å². The highest BCUT2D eigenvalue weighted by molar-refractivity contribution is 5.77. The Morgan fingerprint density at radius 2 is 2.15 bits per heavy atom. The zero-order valence-corrected chi connectivity index (χ0v) is 14.3. The van der Waals surface area contributed by atoms with Crippen molar-refractivity contribution in [1.29, 1.82) is 0 Å². The number of nitrogens with one attached hydrogen (secondary N) is 2. The number of aromatic amines is 1. The van der Waals surface area contributed by atoms with E-state index in [0.29, 0.717) is 36.4 Å². The molecule has 2 saturated heterocycles. The van der Waals surface area contributed by atoms with Gasteiger partial charge in [-0.3, -0.25) is 9.59 Å². The fraction of sp³-hybridized carbons (Fsp3) is 0.444. The molecule has 0 saturated carbocycles. The zero-order chi connectivity index (χ0) is 18.1. The Hall–Kier alpha value is -2.90. The molecule has 1 atom stereocenters. The van der Waals surface area contributed by atoms with Gasteiger partial charge in [0.05, 0.1) is 24.1 Å². The van der Waals surface area contributed by atoms with E-state index in [4.69, 9.17) is 4.74 Å². The first-order valence-electron chi connectivity index (χ1n) is 8.77. The van der Waals surface area contributed by atoms with Crippen LogP contribution in [0.2, 0.25) is 0 Å². The average molecular weight is 356 g/mol. The number of aromatic nitrogens is 2. The summed E-state index contributed by atoms with van der Waals surface area (Å²) < 4.78 is 5.39. The topological polar surface area (TPSA) is 104 Å². The summed E-state index contributed by atoms with van der Waals surface area (Å²) in [5.74, 6) is -0.0543. The van der Waals surface area contributed by atoms with Gasteiger partial charge in [0, 0.05) is 19.4 Å². The number of nitrogens with zero attached hydrogens (tertiary/aromatic N) is 2. The molecule has 4 rings (SSSR count). The van der Waals surface area contributed by atoms with E-state index in [1.165, 1.54) is 0 Å². The summed E-state index contributed by atoms with van der Waals surface area (Å²) in [6, 6.07) is 7.31. The summed E-state index contributed by atoms with van der Waals surface area (Å²) in [5.41, 5.74) is 0.874. The number of aryl methyl sites for hydroxylation is 1. The number of hydrogen-bond donors (Lipinski definition) is 2. The first-order chi connectivity index (χ1) is 12.5. The standard InChI is InChI=1S/C18H20N4O4/c23-15(22-9-3-8-18(11-22)10-19-17(25)26-18)7-6-14-16(24)21-13-5-2-1-4-12(13)20-14/h1-2,4-5H,3,6-11H2,(H,19,25)(H,21,24)/t18-/m1/s1. The Labute approximate surface area is 149 Å². The van der Waals surface area contributed by atoms with Crippen molar-refractivity contribution < 1.29 is 14.3 Å². The third-order valence-corrected chi connectivity index (χ3v) is 5.00. The molecule has 1 spiro atoms. The summed E-state index contributed by atoms with van der Waals surface area (Å²) in [5, 5.41) is 2.67. The van der Waals surface area contributed by atoms with Crippen LogP contribution in [0.1, 0.15) is 25.0 Å². The normalized spacial score (nSPS) is 22.5. The number of carbonyl (C=O) groups is 2. The van der Waals surface area contributed by atoms with Gasteiger partial charge in [-0.15, -0.1) is 0 Å². The number of para-hydroxylation sites is 2. The third-order valence-electron chi connectivity index (χ3n) is 5.00. The lowest BCUT2D eigenvalue weighted by molar-refractivity contribution is -0.136. The van der Waals surface area contributed by atoms with Crippen LogP contribution in [0.4, 0.5) is 4.79 Å². The number of H-pyrrole nitrogens is 1. The van der Waals surface area contributed by atoms with Gasteiger partial charge in [-0.1, -0.05) is 12.1 Å². The van der Waals surface area contributed by atoms with E-state index in [1.807, 2.05) is 18.2 Å². The van der Waals surface area contributed by atoms with E-state index < -0.39 is 11.7 Å². The van der Waals surface area contributed by atoms with Crippen molar-refractivity contribution in [3.05, 3.63) is 40.3 Å². The Morgan fingerprint density at radius 3 is 2.96 bits per heavy atom. The van der Waals surface area contributed by atoms with Crippen molar-refractivity contribution in [3.63, 3.8) is 0 Å². The number of amides is 2. The molecule has 0 radical (unpaired) electrons. The number of piperidine rings is 1. The number of rotatable bonds is 3. The molecule has 2 aliphatic heterocycles. The Morgan fingerprint density at radius 1 is 1.31 bits per heavy atom.